The lowest BCUT2D eigenvalue weighted by atomic mass is 10.2. The highest BCUT2D eigenvalue weighted by molar-refractivity contribution is 5.91. The Balaban J connectivity index is 1.57. The zero-order valence-corrected chi connectivity index (χ0v) is 16.2. The molecule has 4 nitrogen and oxygen atoms in total. The lowest BCUT2D eigenvalue weighted by Crippen LogP contribution is -2.08. The molecular weight excluding hydrogens is 369 g/mol. The van der Waals surface area contributed by atoms with Crippen molar-refractivity contribution in [2.24, 2.45) is 4.99 Å². The number of carbonyl (C=O) groups is 1. The van der Waals surface area contributed by atoms with Crippen LogP contribution in [0, 0.1) is 5.82 Å². The number of rotatable bonds is 8. The Morgan fingerprint density at radius 2 is 1.72 bits per heavy atom. The molecule has 0 bridgehead atoms. The summed E-state index contributed by atoms with van der Waals surface area (Å²) in [6.07, 6.45) is 3.68. The van der Waals surface area contributed by atoms with E-state index in [-0.39, 0.29) is 5.82 Å². The van der Waals surface area contributed by atoms with Crippen LogP contribution in [-0.2, 0) is 0 Å². The van der Waals surface area contributed by atoms with Crippen molar-refractivity contribution in [2.75, 3.05) is 6.61 Å². The fourth-order valence-corrected chi connectivity index (χ4v) is 2.51. The summed E-state index contributed by atoms with van der Waals surface area (Å²) < 4.78 is 24.2. The molecule has 0 atom stereocenters. The second-order valence-electron chi connectivity index (χ2n) is 6.42. The number of ether oxygens (including phenoxy) is 2. The lowest BCUT2D eigenvalue weighted by molar-refractivity contribution is 0.0734. The van der Waals surface area contributed by atoms with Gasteiger partial charge in [0.05, 0.1) is 17.9 Å². The van der Waals surface area contributed by atoms with Gasteiger partial charge in [0.25, 0.3) is 0 Å². The molecule has 0 heterocycles. The van der Waals surface area contributed by atoms with E-state index < -0.39 is 5.97 Å². The minimum atomic E-state index is -0.439. The molecule has 0 saturated heterocycles. The van der Waals surface area contributed by atoms with Gasteiger partial charge in [0, 0.05) is 6.21 Å². The topological polar surface area (TPSA) is 47.9 Å². The smallest absolute Gasteiger partial charge is 0.343 e. The first-order valence-corrected chi connectivity index (χ1v) is 9.49. The van der Waals surface area contributed by atoms with Crippen LogP contribution < -0.4 is 9.47 Å². The number of benzene rings is 3. The van der Waals surface area contributed by atoms with Crippen molar-refractivity contribution in [2.45, 2.75) is 19.8 Å². The van der Waals surface area contributed by atoms with Crippen LogP contribution in [0.15, 0.2) is 77.8 Å². The van der Waals surface area contributed by atoms with E-state index in [0.717, 1.165) is 24.2 Å². The van der Waals surface area contributed by atoms with Crippen LogP contribution in [0.25, 0.3) is 0 Å². The van der Waals surface area contributed by atoms with E-state index >= 15 is 0 Å². The molecule has 0 fully saturated rings. The van der Waals surface area contributed by atoms with Crippen LogP contribution in [0.3, 0.4) is 0 Å². The summed E-state index contributed by atoms with van der Waals surface area (Å²) >= 11 is 0. The first-order valence-electron chi connectivity index (χ1n) is 9.49. The molecular formula is C24H22FNO3. The van der Waals surface area contributed by atoms with Gasteiger partial charge in [0.15, 0.2) is 0 Å². The summed E-state index contributed by atoms with van der Waals surface area (Å²) in [5.41, 5.74) is 1.79. The molecule has 0 saturated carbocycles. The highest BCUT2D eigenvalue weighted by Gasteiger charge is 2.09. The van der Waals surface area contributed by atoms with Gasteiger partial charge in [-0.25, -0.2) is 9.18 Å². The van der Waals surface area contributed by atoms with E-state index in [9.17, 15) is 9.18 Å². The van der Waals surface area contributed by atoms with Crippen molar-refractivity contribution >= 4 is 17.9 Å². The van der Waals surface area contributed by atoms with Crippen molar-refractivity contribution in [1.29, 1.82) is 0 Å². The van der Waals surface area contributed by atoms with Crippen LogP contribution in [-0.4, -0.2) is 18.8 Å². The predicted octanol–water partition coefficient (Wildman–Crippen LogP) is 5.97. The molecule has 3 rings (SSSR count). The van der Waals surface area contributed by atoms with Gasteiger partial charge in [-0.1, -0.05) is 19.4 Å². The Kier molecular flexibility index (Phi) is 7.11. The van der Waals surface area contributed by atoms with Crippen LogP contribution in [0.5, 0.6) is 11.5 Å². The lowest BCUT2D eigenvalue weighted by Gasteiger charge is -2.07. The molecule has 29 heavy (non-hydrogen) atoms. The van der Waals surface area contributed by atoms with Crippen molar-refractivity contribution in [3.8, 4) is 11.5 Å². The number of nitrogens with zero attached hydrogens (tertiary/aromatic N) is 1. The Hall–Kier alpha value is -3.47. The molecule has 148 valence electrons. The second kappa shape index (κ2) is 10.2. The minimum Gasteiger partial charge on any atom is -0.494 e. The summed E-state index contributed by atoms with van der Waals surface area (Å²) in [6.45, 7) is 2.77. The van der Waals surface area contributed by atoms with Gasteiger partial charge in [0.2, 0.25) is 0 Å². The van der Waals surface area contributed by atoms with Gasteiger partial charge < -0.3 is 9.47 Å². The molecule has 0 aromatic heterocycles. The third kappa shape index (κ3) is 6.28. The average Bonchev–Trinajstić information content (AvgIpc) is 2.74. The third-order valence-corrected chi connectivity index (χ3v) is 4.12. The maximum atomic E-state index is 13.2. The number of halogens is 1. The largest absolute Gasteiger partial charge is 0.494 e. The molecule has 0 aliphatic rings. The van der Waals surface area contributed by atoms with Gasteiger partial charge in [-0.05, 0) is 78.7 Å². The van der Waals surface area contributed by atoms with E-state index in [4.69, 9.17) is 9.47 Å². The average molecular weight is 391 g/mol. The number of carbonyl (C=O) groups excluding carboxylic acids is 1. The first kappa shape index (κ1) is 20.3. The molecule has 0 unspecified atom stereocenters. The Bertz CT molecular complexity index is 966. The standard InChI is InChI=1S/C24H22FNO3/c1-2-3-15-28-22-13-9-19(10-14-22)24(27)29-23-11-7-18(8-12-23)17-26-21-6-4-5-20(25)16-21/h4-14,16-17H,2-3,15H2,1H3. The quantitative estimate of drug-likeness (QED) is 0.206. The second-order valence-corrected chi connectivity index (χ2v) is 6.42. The summed E-state index contributed by atoms with van der Waals surface area (Å²) in [5, 5.41) is 0. The molecule has 0 N–H and O–H groups in total. The number of hydrogen-bond acceptors (Lipinski definition) is 4. The fraction of sp³-hybridized carbons (Fsp3) is 0.167. The highest BCUT2D eigenvalue weighted by atomic mass is 19.1. The zero-order valence-electron chi connectivity index (χ0n) is 16.2. The third-order valence-electron chi connectivity index (χ3n) is 4.12. The normalized spacial score (nSPS) is 10.8. The number of aliphatic imine (C=N–C) groups is 1. The summed E-state index contributed by atoms with van der Waals surface area (Å²) in [7, 11) is 0. The zero-order chi connectivity index (χ0) is 20.5. The minimum absolute atomic E-state index is 0.331. The molecule has 3 aromatic carbocycles. The Morgan fingerprint density at radius 3 is 2.41 bits per heavy atom. The van der Waals surface area contributed by atoms with Crippen molar-refractivity contribution in [3.05, 3.63) is 89.7 Å². The van der Waals surface area contributed by atoms with Gasteiger partial charge in [-0.15, -0.1) is 0 Å². The maximum Gasteiger partial charge on any atom is 0.343 e. The summed E-state index contributed by atoms with van der Waals surface area (Å²) in [4.78, 5) is 16.5. The van der Waals surface area contributed by atoms with Crippen molar-refractivity contribution < 1.29 is 18.7 Å². The van der Waals surface area contributed by atoms with E-state index in [1.165, 1.54) is 12.1 Å². The molecule has 0 aliphatic heterocycles. The van der Waals surface area contributed by atoms with Crippen LogP contribution in [0.2, 0.25) is 0 Å². The van der Waals surface area contributed by atoms with Crippen molar-refractivity contribution in [1.82, 2.24) is 0 Å². The predicted molar refractivity (Wildman–Crippen MR) is 112 cm³/mol. The molecule has 0 amide bonds. The fourth-order valence-electron chi connectivity index (χ4n) is 2.51. The van der Waals surface area contributed by atoms with Crippen LogP contribution in [0.1, 0.15) is 35.7 Å². The monoisotopic (exact) mass is 391 g/mol. The molecule has 5 heteroatoms. The first-order chi connectivity index (χ1) is 14.1. The number of hydrogen-bond donors (Lipinski definition) is 0. The summed E-state index contributed by atoms with van der Waals surface area (Å²) in [5.74, 6) is 0.395. The SMILES string of the molecule is CCCCOc1ccc(C(=O)Oc2ccc(C=Nc3cccc(F)c3)cc2)cc1. The Labute approximate surface area is 169 Å². The van der Waals surface area contributed by atoms with Gasteiger partial charge >= 0.3 is 5.97 Å². The van der Waals surface area contributed by atoms with E-state index in [1.807, 2.05) is 0 Å². The van der Waals surface area contributed by atoms with E-state index in [0.29, 0.717) is 23.6 Å². The number of unbranched alkanes of at least 4 members (excludes halogenated alkanes) is 1. The maximum absolute atomic E-state index is 13.2. The highest BCUT2D eigenvalue weighted by Crippen LogP contribution is 2.18. The van der Waals surface area contributed by atoms with Gasteiger partial charge in [-0.3, -0.25) is 4.99 Å². The molecule has 3 aromatic rings. The van der Waals surface area contributed by atoms with E-state index in [1.54, 1.807) is 66.9 Å². The van der Waals surface area contributed by atoms with Gasteiger partial charge in [-0.2, -0.15) is 0 Å². The Morgan fingerprint density at radius 1 is 1.00 bits per heavy atom. The van der Waals surface area contributed by atoms with Crippen LogP contribution in [0.4, 0.5) is 10.1 Å². The molecule has 0 aliphatic carbocycles. The van der Waals surface area contributed by atoms with Crippen molar-refractivity contribution in [3.63, 3.8) is 0 Å². The van der Waals surface area contributed by atoms with E-state index in [2.05, 4.69) is 11.9 Å². The van der Waals surface area contributed by atoms with Crippen LogP contribution >= 0.6 is 0 Å². The van der Waals surface area contributed by atoms with Gasteiger partial charge in [0.1, 0.15) is 17.3 Å². The summed E-state index contributed by atoms with van der Waals surface area (Å²) in [6, 6.07) is 19.9. The molecule has 0 spiro atoms. The number of esters is 1. The molecule has 0 radical (unpaired) electrons.